The lowest BCUT2D eigenvalue weighted by molar-refractivity contribution is 1.18. The normalized spacial score (nSPS) is 11.4. The van der Waals surface area contributed by atoms with Gasteiger partial charge in [-0.15, -0.1) is 11.3 Å². The lowest BCUT2D eigenvalue weighted by atomic mass is 9.99. The number of benzene rings is 5. The Morgan fingerprint density at radius 1 is 0.415 bits per heavy atom. The summed E-state index contributed by atoms with van der Waals surface area (Å²) < 4.78 is 2.49. The lowest BCUT2D eigenvalue weighted by Gasteiger charge is -2.11. The van der Waals surface area contributed by atoms with E-state index in [0.717, 1.165) is 61.4 Å². The molecule has 0 fully saturated rings. The van der Waals surface area contributed by atoms with Crippen molar-refractivity contribution in [1.29, 1.82) is 0 Å². The average Bonchev–Trinajstić information content (AvgIpc) is 3.41. The van der Waals surface area contributed by atoms with Gasteiger partial charge >= 0.3 is 0 Å². The number of rotatable bonds is 4. The van der Waals surface area contributed by atoms with Crippen molar-refractivity contribution in [2.45, 2.75) is 0 Å². The first-order valence-electron chi connectivity index (χ1n) is 13.6. The highest BCUT2D eigenvalue weighted by atomic mass is 32.1. The summed E-state index contributed by atoms with van der Waals surface area (Å²) in [5, 5.41) is 2.37. The first-order valence-corrected chi connectivity index (χ1v) is 14.4. The first-order chi connectivity index (χ1) is 20.3. The van der Waals surface area contributed by atoms with E-state index in [4.69, 9.17) is 15.0 Å². The van der Waals surface area contributed by atoms with Gasteiger partial charge in [-0.05, 0) is 47.5 Å². The zero-order valence-electron chi connectivity index (χ0n) is 22.0. The van der Waals surface area contributed by atoms with Crippen molar-refractivity contribution in [1.82, 2.24) is 15.0 Å². The first kappa shape index (κ1) is 23.7. The van der Waals surface area contributed by atoms with E-state index in [1.165, 1.54) is 14.8 Å². The molecule has 0 amide bonds. The monoisotopic (exact) mass is 541 g/mol. The Morgan fingerprint density at radius 2 is 1.07 bits per heavy atom. The minimum atomic E-state index is 0.719. The molecule has 0 spiro atoms. The number of pyridine rings is 1. The second-order valence-corrected chi connectivity index (χ2v) is 11.2. The zero-order valence-corrected chi connectivity index (χ0v) is 22.8. The molecule has 8 aromatic rings. The topological polar surface area (TPSA) is 38.7 Å². The molecule has 0 bridgehead atoms. The SMILES string of the molecule is c1ccc(-c2cc(-c3cccc(-c4ccc5nc6c(cc5c4)sc4ccccc46)c3)nc(-c3ccccc3)n2)cc1. The van der Waals surface area contributed by atoms with Gasteiger partial charge in [0.15, 0.2) is 5.82 Å². The van der Waals surface area contributed by atoms with Gasteiger partial charge in [0.1, 0.15) is 0 Å². The summed E-state index contributed by atoms with van der Waals surface area (Å²) >= 11 is 1.80. The van der Waals surface area contributed by atoms with E-state index in [9.17, 15) is 0 Å². The summed E-state index contributed by atoms with van der Waals surface area (Å²) in [5.41, 5.74) is 9.31. The van der Waals surface area contributed by atoms with Crippen LogP contribution in [-0.4, -0.2) is 15.0 Å². The Hall–Kier alpha value is -5.19. The number of thiophene rings is 1. The quantitative estimate of drug-likeness (QED) is 0.222. The van der Waals surface area contributed by atoms with Crippen LogP contribution in [0.25, 0.3) is 76.2 Å². The van der Waals surface area contributed by atoms with Crippen LogP contribution in [0.1, 0.15) is 0 Å². The summed E-state index contributed by atoms with van der Waals surface area (Å²) in [7, 11) is 0. The third-order valence-electron chi connectivity index (χ3n) is 7.46. The van der Waals surface area contributed by atoms with Gasteiger partial charge in [-0.3, -0.25) is 0 Å². The van der Waals surface area contributed by atoms with Crippen molar-refractivity contribution >= 4 is 42.5 Å². The standard InChI is InChI=1S/C37H23N3S/c1-3-10-24(11-4-1)32-23-33(40-37(39-32)25-12-5-2-6-13-25)28-15-9-14-26(20-28)27-18-19-31-29(21-27)22-35-36(38-31)30-16-7-8-17-34(30)41-35/h1-23H. The number of nitrogens with zero attached hydrogens (tertiary/aromatic N) is 3. The van der Waals surface area contributed by atoms with Crippen LogP contribution >= 0.6 is 11.3 Å². The Morgan fingerprint density at radius 3 is 1.90 bits per heavy atom. The predicted octanol–water partition coefficient (Wildman–Crippen LogP) is 10.1. The van der Waals surface area contributed by atoms with Crippen molar-refractivity contribution < 1.29 is 0 Å². The summed E-state index contributed by atoms with van der Waals surface area (Å²) in [4.78, 5) is 15.0. The molecule has 0 aliphatic rings. The van der Waals surface area contributed by atoms with E-state index < -0.39 is 0 Å². The minimum absolute atomic E-state index is 0.719. The Bertz CT molecular complexity index is 2140. The second-order valence-electron chi connectivity index (χ2n) is 10.1. The van der Waals surface area contributed by atoms with Crippen LogP contribution in [0.2, 0.25) is 0 Å². The molecule has 8 rings (SSSR count). The zero-order chi connectivity index (χ0) is 27.2. The average molecular weight is 542 g/mol. The fourth-order valence-corrected chi connectivity index (χ4v) is 6.50. The van der Waals surface area contributed by atoms with Crippen molar-refractivity contribution in [3.63, 3.8) is 0 Å². The largest absolute Gasteiger partial charge is 0.246 e. The van der Waals surface area contributed by atoms with Gasteiger partial charge in [0, 0.05) is 32.2 Å². The van der Waals surface area contributed by atoms with Gasteiger partial charge in [0.2, 0.25) is 0 Å². The summed E-state index contributed by atoms with van der Waals surface area (Å²) in [6.07, 6.45) is 0. The van der Waals surface area contributed by atoms with Gasteiger partial charge < -0.3 is 0 Å². The predicted molar refractivity (Wildman–Crippen MR) is 172 cm³/mol. The Kier molecular flexibility index (Phi) is 5.64. The summed E-state index contributed by atoms with van der Waals surface area (Å²) in [6.45, 7) is 0. The van der Waals surface area contributed by atoms with Crippen LogP contribution in [0.5, 0.6) is 0 Å². The highest BCUT2D eigenvalue weighted by Crippen LogP contribution is 2.36. The smallest absolute Gasteiger partial charge is 0.160 e. The van der Waals surface area contributed by atoms with E-state index in [2.05, 4.69) is 103 Å². The molecule has 0 saturated heterocycles. The number of hydrogen-bond donors (Lipinski definition) is 0. The van der Waals surface area contributed by atoms with Gasteiger partial charge in [-0.2, -0.15) is 0 Å². The third kappa shape index (κ3) is 4.35. The number of fused-ring (bicyclic) bond motifs is 4. The van der Waals surface area contributed by atoms with E-state index >= 15 is 0 Å². The fourth-order valence-electron chi connectivity index (χ4n) is 5.40. The molecule has 0 aliphatic heterocycles. The number of hydrogen-bond acceptors (Lipinski definition) is 4. The molecule has 4 heteroatoms. The van der Waals surface area contributed by atoms with Gasteiger partial charge in [0.25, 0.3) is 0 Å². The molecular formula is C37H23N3S. The van der Waals surface area contributed by atoms with E-state index in [0.29, 0.717) is 0 Å². The molecule has 3 heterocycles. The van der Waals surface area contributed by atoms with Crippen LogP contribution in [0, 0.1) is 0 Å². The van der Waals surface area contributed by atoms with Crippen LogP contribution in [0.15, 0.2) is 140 Å². The van der Waals surface area contributed by atoms with Gasteiger partial charge in [-0.25, -0.2) is 15.0 Å². The third-order valence-corrected chi connectivity index (χ3v) is 8.57. The lowest BCUT2D eigenvalue weighted by Crippen LogP contribution is -1.96. The highest BCUT2D eigenvalue weighted by molar-refractivity contribution is 7.25. The maximum atomic E-state index is 5.04. The Labute approximate surface area is 241 Å². The maximum absolute atomic E-state index is 5.04. The van der Waals surface area contributed by atoms with Crippen molar-refractivity contribution in [3.8, 4) is 45.0 Å². The van der Waals surface area contributed by atoms with E-state index in [-0.39, 0.29) is 0 Å². The molecule has 0 saturated carbocycles. The summed E-state index contributed by atoms with van der Waals surface area (Å²) in [5.74, 6) is 0.719. The Balaban J connectivity index is 1.24. The molecule has 41 heavy (non-hydrogen) atoms. The second kappa shape index (κ2) is 9.77. The molecule has 0 atom stereocenters. The molecule has 0 aliphatic carbocycles. The van der Waals surface area contributed by atoms with Crippen LogP contribution in [-0.2, 0) is 0 Å². The highest BCUT2D eigenvalue weighted by Gasteiger charge is 2.12. The molecular weight excluding hydrogens is 518 g/mol. The molecule has 5 aromatic carbocycles. The molecule has 192 valence electrons. The summed E-state index contributed by atoms with van der Waals surface area (Å²) in [6, 6.07) is 48.5. The minimum Gasteiger partial charge on any atom is -0.246 e. The molecule has 3 aromatic heterocycles. The van der Waals surface area contributed by atoms with Crippen LogP contribution in [0.4, 0.5) is 0 Å². The van der Waals surface area contributed by atoms with Gasteiger partial charge in [0.05, 0.1) is 27.1 Å². The van der Waals surface area contributed by atoms with Crippen LogP contribution in [0.3, 0.4) is 0 Å². The van der Waals surface area contributed by atoms with Crippen molar-refractivity contribution in [2.24, 2.45) is 0 Å². The van der Waals surface area contributed by atoms with E-state index in [1.807, 2.05) is 36.4 Å². The molecule has 0 N–H and O–H groups in total. The molecule has 0 radical (unpaired) electrons. The molecule has 3 nitrogen and oxygen atoms in total. The van der Waals surface area contributed by atoms with Gasteiger partial charge in [-0.1, -0.05) is 103 Å². The fraction of sp³-hybridized carbons (Fsp3) is 0. The number of aromatic nitrogens is 3. The van der Waals surface area contributed by atoms with Crippen LogP contribution < -0.4 is 0 Å². The van der Waals surface area contributed by atoms with Crippen molar-refractivity contribution in [3.05, 3.63) is 140 Å². The maximum Gasteiger partial charge on any atom is 0.160 e. The molecule has 0 unspecified atom stereocenters. The van der Waals surface area contributed by atoms with Crippen molar-refractivity contribution in [2.75, 3.05) is 0 Å². The van der Waals surface area contributed by atoms with E-state index in [1.54, 1.807) is 11.3 Å².